The van der Waals surface area contributed by atoms with Crippen LogP contribution in [0.4, 0.5) is 5.69 Å². The minimum atomic E-state index is -0.391. The maximum Gasteiger partial charge on any atom is 0.250 e. The predicted molar refractivity (Wildman–Crippen MR) is 139 cm³/mol. The van der Waals surface area contributed by atoms with E-state index in [9.17, 15) is 4.79 Å². The molecule has 3 aromatic carbocycles. The second kappa shape index (κ2) is 9.75. The quantitative estimate of drug-likeness (QED) is 0.237. The molecule has 166 valence electrons. The molecule has 1 heterocycles. The summed E-state index contributed by atoms with van der Waals surface area (Å²) in [6, 6.07) is 16.6. The first-order chi connectivity index (χ1) is 15.8. The van der Waals surface area contributed by atoms with E-state index in [1.165, 1.54) is 6.08 Å². The van der Waals surface area contributed by atoms with Crippen molar-refractivity contribution in [1.82, 2.24) is 10.3 Å². The number of aromatic nitrogens is 1. The number of amides is 1. The number of fused-ring (bicyclic) bond motifs is 1. The molecule has 33 heavy (non-hydrogen) atoms. The van der Waals surface area contributed by atoms with Crippen molar-refractivity contribution in [2.45, 2.75) is 13.8 Å². The number of nitrogens with one attached hydrogen (secondary N) is 2. The summed E-state index contributed by atoms with van der Waals surface area (Å²) in [6.45, 7) is 4.07. The van der Waals surface area contributed by atoms with Crippen molar-refractivity contribution >= 4 is 69.3 Å². The van der Waals surface area contributed by atoms with Crippen LogP contribution in [0, 0.1) is 13.8 Å². The molecule has 0 spiro atoms. The highest BCUT2D eigenvalue weighted by molar-refractivity contribution is 7.80. The molecule has 8 heteroatoms. The topological polar surface area (TPSA) is 67.2 Å². The smallest absolute Gasteiger partial charge is 0.250 e. The number of carbonyl (C=O) groups excluding carboxylic acids is 1. The summed E-state index contributed by atoms with van der Waals surface area (Å²) in [5, 5.41) is 6.73. The molecule has 4 aromatic rings. The van der Waals surface area contributed by atoms with Crippen LogP contribution in [0.2, 0.25) is 10.0 Å². The van der Waals surface area contributed by atoms with Gasteiger partial charge in [0.15, 0.2) is 10.7 Å². The fourth-order valence-corrected chi connectivity index (χ4v) is 4.03. The number of anilines is 1. The largest absolute Gasteiger partial charge is 0.436 e. The van der Waals surface area contributed by atoms with Crippen LogP contribution in [0.25, 0.3) is 28.6 Å². The van der Waals surface area contributed by atoms with Gasteiger partial charge in [0, 0.05) is 27.4 Å². The van der Waals surface area contributed by atoms with E-state index in [-0.39, 0.29) is 5.11 Å². The number of thiocarbonyl (C=S) groups is 1. The van der Waals surface area contributed by atoms with E-state index in [2.05, 4.69) is 21.7 Å². The summed E-state index contributed by atoms with van der Waals surface area (Å²) < 4.78 is 5.91. The van der Waals surface area contributed by atoms with Gasteiger partial charge in [-0.05, 0) is 80.2 Å². The molecule has 0 fully saturated rings. The third kappa shape index (κ3) is 5.79. The van der Waals surface area contributed by atoms with Crippen LogP contribution in [0.1, 0.15) is 16.7 Å². The van der Waals surface area contributed by atoms with E-state index in [1.54, 1.807) is 30.3 Å². The second-order valence-electron chi connectivity index (χ2n) is 7.52. The summed E-state index contributed by atoms with van der Waals surface area (Å²) in [5.41, 5.74) is 5.90. The van der Waals surface area contributed by atoms with Gasteiger partial charge in [0.1, 0.15) is 5.52 Å². The summed E-state index contributed by atoms with van der Waals surface area (Å²) in [7, 11) is 0. The first-order valence-electron chi connectivity index (χ1n) is 10.0. The average molecular weight is 496 g/mol. The Balaban J connectivity index is 1.43. The number of halogens is 2. The average Bonchev–Trinajstić information content (AvgIpc) is 3.16. The summed E-state index contributed by atoms with van der Waals surface area (Å²) in [6.07, 6.45) is 2.94. The van der Waals surface area contributed by atoms with Gasteiger partial charge in [0.25, 0.3) is 0 Å². The first kappa shape index (κ1) is 23.0. The van der Waals surface area contributed by atoms with Crippen molar-refractivity contribution in [3.63, 3.8) is 0 Å². The van der Waals surface area contributed by atoms with Crippen LogP contribution in [0.3, 0.4) is 0 Å². The second-order valence-corrected chi connectivity index (χ2v) is 8.77. The van der Waals surface area contributed by atoms with Crippen molar-refractivity contribution in [2.75, 3.05) is 5.32 Å². The van der Waals surface area contributed by atoms with Gasteiger partial charge in [0.05, 0.1) is 0 Å². The molecule has 0 aliphatic heterocycles. The van der Waals surface area contributed by atoms with Crippen molar-refractivity contribution in [1.29, 1.82) is 0 Å². The van der Waals surface area contributed by atoms with Gasteiger partial charge >= 0.3 is 0 Å². The predicted octanol–water partition coefficient (Wildman–Crippen LogP) is 6.94. The molecule has 0 radical (unpaired) electrons. The number of nitrogens with zero attached hydrogens (tertiary/aromatic N) is 1. The fraction of sp³-hybridized carbons (Fsp3) is 0.0800. The van der Waals surface area contributed by atoms with Crippen LogP contribution >= 0.6 is 35.4 Å². The third-order valence-corrected chi connectivity index (χ3v) is 5.49. The lowest BCUT2D eigenvalue weighted by atomic mass is 10.1. The SMILES string of the molecule is Cc1cc(C)cc(-c2nc3cc(NC(=S)NC(=O)/C=C/c4ccc(Cl)cc4Cl)ccc3o2)c1. The van der Waals surface area contributed by atoms with Crippen LogP contribution in [-0.2, 0) is 4.79 Å². The number of carbonyl (C=O) groups is 1. The molecular formula is C25H19Cl2N3O2S. The number of hydrogen-bond acceptors (Lipinski definition) is 4. The van der Waals surface area contributed by atoms with E-state index in [0.29, 0.717) is 38.3 Å². The van der Waals surface area contributed by atoms with Crippen LogP contribution in [-0.4, -0.2) is 16.0 Å². The van der Waals surface area contributed by atoms with Crippen LogP contribution < -0.4 is 10.6 Å². The maximum atomic E-state index is 12.2. The van der Waals surface area contributed by atoms with Crippen molar-refractivity contribution in [2.24, 2.45) is 0 Å². The third-order valence-electron chi connectivity index (χ3n) is 4.73. The molecular weight excluding hydrogens is 477 g/mol. The van der Waals surface area contributed by atoms with Gasteiger partial charge in [0.2, 0.25) is 11.8 Å². The van der Waals surface area contributed by atoms with E-state index in [4.69, 9.17) is 39.8 Å². The van der Waals surface area contributed by atoms with E-state index in [1.807, 2.05) is 38.1 Å². The molecule has 0 atom stereocenters. The van der Waals surface area contributed by atoms with Gasteiger partial charge < -0.3 is 9.73 Å². The highest BCUT2D eigenvalue weighted by Crippen LogP contribution is 2.27. The van der Waals surface area contributed by atoms with Gasteiger partial charge in [-0.2, -0.15) is 0 Å². The van der Waals surface area contributed by atoms with Gasteiger partial charge in [-0.1, -0.05) is 46.5 Å². The molecule has 4 rings (SSSR count). The molecule has 5 nitrogen and oxygen atoms in total. The highest BCUT2D eigenvalue weighted by atomic mass is 35.5. The van der Waals surface area contributed by atoms with Crippen LogP contribution in [0.5, 0.6) is 0 Å². The number of aryl methyl sites for hydroxylation is 2. The lowest BCUT2D eigenvalue weighted by Crippen LogP contribution is -2.32. The Hall–Kier alpha value is -3.19. The van der Waals surface area contributed by atoms with E-state index < -0.39 is 5.91 Å². The molecule has 0 bridgehead atoms. The molecule has 0 unspecified atom stereocenters. The maximum absolute atomic E-state index is 12.2. The summed E-state index contributed by atoms with van der Waals surface area (Å²) >= 11 is 17.2. The molecule has 0 saturated heterocycles. The lowest BCUT2D eigenvalue weighted by molar-refractivity contribution is -0.115. The fourth-order valence-electron chi connectivity index (χ4n) is 3.34. The minimum Gasteiger partial charge on any atom is -0.436 e. The minimum absolute atomic E-state index is 0.157. The first-order valence-corrected chi connectivity index (χ1v) is 11.2. The Bertz CT molecular complexity index is 1390. The normalized spacial score (nSPS) is 11.2. The van der Waals surface area contributed by atoms with E-state index >= 15 is 0 Å². The van der Waals surface area contributed by atoms with Crippen molar-refractivity contribution in [3.8, 4) is 11.5 Å². The Kier molecular flexibility index (Phi) is 6.79. The Morgan fingerprint density at radius 3 is 2.52 bits per heavy atom. The molecule has 2 N–H and O–H groups in total. The monoisotopic (exact) mass is 495 g/mol. The zero-order valence-corrected chi connectivity index (χ0v) is 20.1. The molecule has 0 aliphatic rings. The van der Waals surface area contributed by atoms with Crippen molar-refractivity contribution in [3.05, 3.63) is 87.4 Å². The number of hydrogen-bond donors (Lipinski definition) is 2. The Morgan fingerprint density at radius 2 is 1.79 bits per heavy atom. The highest BCUT2D eigenvalue weighted by Gasteiger charge is 2.11. The van der Waals surface area contributed by atoms with Gasteiger partial charge in [-0.3, -0.25) is 10.1 Å². The van der Waals surface area contributed by atoms with Gasteiger partial charge in [-0.15, -0.1) is 0 Å². The summed E-state index contributed by atoms with van der Waals surface area (Å²) in [4.78, 5) is 16.8. The Morgan fingerprint density at radius 1 is 1.03 bits per heavy atom. The standard InChI is InChI=1S/C25H19Cl2N3O2S/c1-14-9-15(2)11-17(10-14)24-29-21-13-19(6-7-22(21)32-24)28-25(33)30-23(31)8-4-16-3-5-18(26)12-20(16)27/h3-13H,1-2H3,(H2,28,30,31,33)/b8-4+. The van der Waals surface area contributed by atoms with Crippen LogP contribution in [0.15, 0.2) is 65.1 Å². The number of oxazole rings is 1. The zero-order chi connectivity index (χ0) is 23.5. The van der Waals surface area contributed by atoms with E-state index in [0.717, 1.165) is 16.7 Å². The van der Waals surface area contributed by atoms with Gasteiger partial charge in [-0.25, -0.2) is 4.98 Å². The number of rotatable bonds is 4. The lowest BCUT2D eigenvalue weighted by Gasteiger charge is -2.07. The summed E-state index contributed by atoms with van der Waals surface area (Å²) in [5.74, 6) is 0.161. The molecule has 0 aliphatic carbocycles. The molecule has 0 saturated carbocycles. The molecule has 1 amide bonds. The Labute approximate surface area is 206 Å². The molecule has 1 aromatic heterocycles. The van der Waals surface area contributed by atoms with Crippen molar-refractivity contribution < 1.29 is 9.21 Å². The zero-order valence-electron chi connectivity index (χ0n) is 17.8. The number of benzene rings is 3.